The van der Waals surface area contributed by atoms with Gasteiger partial charge >= 0.3 is 0 Å². The maximum atomic E-state index is 10.3. The van der Waals surface area contributed by atoms with Gasteiger partial charge in [-0.15, -0.1) is 0 Å². The summed E-state index contributed by atoms with van der Waals surface area (Å²) in [6, 6.07) is 0. The minimum absolute atomic E-state index is 0.00752. The van der Waals surface area contributed by atoms with Crippen LogP contribution in [0.25, 0.3) is 0 Å². The maximum absolute atomic E-state index is 10.3. The Kier molecular flexibility index (Phi) is 3.96. The molecular formula is C12H25NO. The Hall–Kier alpha value is -0.0800. The lowest BCUT2D eigenvalue weighted by Crippen LogP contribution is -2.50. The second-order valence-corrected chi connectivity index (χ2v) is 5.27. The number of rotatable bonds is 3. The molecule has 0 spiro atoms. The molecule has 0 heterocycles. The average molecular weight is 199 g/mol. The van der Waals surface area contributed by atoms with Crippen LogP contribution in [0.2, 0.25) is 0 Å². The predicted molar refractivity (Wildman–Crippen MR) is 60.0 cm³/mol. The highest BCUT2D eigenvalue weighted by atomic mass is 16.3. The molecule has 2 heteroatoms. The molecule has 0 saturated heterocycles. The van der Waals surface area contributed by atoms with Gasteiger partial charge in [-0.05, 0) is 18.3 Å². The Bertz CT molecular complexity index is 181. The number of nitrogens with two attached hydrogens (primary N) is 1. The van der Waals surface area contributed by atoms with Crippen LogP contribution in [0.15, 0.2) is 0 Å². The highest BCUT2D eigenvalue weighted by molar-refractivity contribution is 4.95. The van der Waals surface area contributed by atoms with E-state index in [2.05, 4.69) is 20.8 Å². The van der Waals surface area contributed by atoms with Gasteiger partial charge in [0.05, 0.1) is 6.10 Å². The van der Waals surface area contributed by atoms with Crippen LogP contribution in [0.4, 0.5) is 0 Å². The van der Waals surface area contributed by atoms with Crippen LogP contribution >= 0.6 is 0 Å². The van der Waals surface area contributed by atoms with E-state index in [0.717, 1.165) is 6.42 Å². The minimum atomic E-state index is -0.234. The summed E-state index contributed by atoms with van der Waals surface area (Å²) in [5, 5.41) is 10.3. The molecule has 2 nitrogen and oxygen atoms in total. The Labute approximate surface area is 87.9 Å². The molecule has 84 valence electrons. The summed E-state index contributed by atoms with van der Waals surface area (Å²) in [4.78, 5) is 0. The molecule has 0 radical (unpaired) electrons. The van der Waals surface area contributed by atoms with Crippen molar-refractivity contribution in [3.63, 3.8) is 0 Å². The molecular weight excluding hydrogens is 174 g/mol. The molecule has 0 bridgehead atoms. The average Bonchev–Trinajstić information content (AvgIpc) is 2.18. The molecule has 1 rings (SSSR count). The SMILES string of the molecule is CC(C)C(O)C1(CN)CCCCC1C. The van der Waals surface area contributed by atoms with E-state index in [9.17, 15) is 5.11 Å². The normalized spacial score (nSPS) is 36.0. The summed E-state index contributed by atoms with van der Waals surface area (Å²) in [5.41, 5.74) is 5.90. The summed E-state index contributed by atoms with van der Waals surface area (Å²) in [6.45, 7) is 7.05. The zero-order chi connectivity index (χ0) is 10.8. The largest absolute Gasteiger partial charge is 0.392 e. The molecule has 1 aliphatic rings. The molecule has 3 unspecified atom stereocenters. The highest BCUT2D eigenvalue weighted by Crippen LogP contribution is 2.44. The molecule has 1 fully saturated rings. The van der Waals surface area contributed by atoms with E-state index in [1.54, 1.807) is 0 Å². The number of hydrogen-bond donors (Lipinski definition) is 2. The molecule has 0 aliphatic heterocycles. The van der Waals surface area contributed by atoms with Gasteiger partial charge < -0.3 is 10.8 Å². The summed E-state index contributed by atoms with van der Waals surface area (Å²) >= 11 is 0. The van der Waals surface area contributed by atoms with Crippen LogP contribution in [0.3, 0.4) is 0 Å². The zero-order valence-corrected chi connectivity index (χ0v) is 9.79. The summed E-state index contributed by atoms with van der Waals surface area (Å²) in [7, 11) is 0. The van der Waals surface area contributed by atoms with Crippen LogP contribution in [0, 0.1) is 17.3 Å². The van der Waals surface area contributed by atoms with E-state index < -0.39 is 0 Å². The molecule has 0 aromatic carbocycles. The second-order valence-electron chi connectivity index (χ2n) is 5.27. The first-order valence-corrected chi connectivity index (χ1v) is 5.92. The van der Waals surface area contributed by atoms with Gasteiger partial charge in [-0.1, -0.05) is 40.0 Å². The van der Waals surface area contributed by atoms with Crippen LogP contribution in [0.1, 0.15) is 46.5 Å². The third kappa shape index (κ3) is 1.96. The van der Waals surface area contributed by atoms with Crippen LogP contribution in [-0.4, -0.2) is 17.8 Å². The van der Waals surface area contributed by atoms with E-state index in [4.69, 9.17) is 5.73 Å². The lowest BCUT2D eigenvalue weighted by atomic mass is 9.62. The van der Waals surface area contributed by atoms with Gasteiger partial charge in [0.1, 0.15) is 0 Å². The number of aliphatic hydroxyl groups is 1. The number of aliphatic hydroxyl groups excluding tert-OH is 1. The van der Waals surface area contributed by atoms with Crippen molar-refractivity contribution in [1.29, 1.82) is 0 Å². The maximum Gasteiger partial charge on any atom is 0.0633 e. The van der Waals surface area contributed by atoms with Gasteiger partial charge in [0.15, 0.2) is 0 Å². The van der Waals surface area contributed by atoms with E-state index in [-0.39, 0.29) is 11.5 Å². The van der Waals surface area contributed by atoms with Gasteiger partial charge in [-0.25, -0.2) is 0 Å². The summed E-state index contributed by atoms with van der Waals surface area (Å²) < 4.78 is 0. The summed E-state index contributed by atoms with van der Waals surface area (Å²) in [6.07, 6.45) is 4.62. The van der Waals surface area contributed by atoms with E-state index in [1.807, 2.05) is 0 Å². The topological polar surface area (TPSA) is 46.2 Å². The lowest BCUT2D eigenvalue weighted by Gasteiger charge is -2.46. The first-order valence-electron chi connectivity index (χ1n) is 5.92. The van der Waals surface area contributed by atoms with Gasteiger partial charge in [0, 0.05) is 12.0 Å². The smallest absolute Gasteiger partial charge is 0.0633 e. The molecule has 1 aliphatic carbocycles. The highest BCUT2D eigenvalue weighted by Gasteiger charge is 2.43. The first-order chi connectivity index (χ1) is 6.54. The number of hydrogen-bond acceptors (Lipinski definition) is 2. The van der Waals surface area contributed by atoms with Crippen molar-refractivity contribution < 1.29 is 5.11 Å². The zero-order valence-electron chi connectivity index (χ0n) is 9.79. The molecule has 1 saturated carbocycles. The van der Waals surface area contributed by atoms with Crippen molar-refractivity contribution in [1.82, 2.24) is 0 Å². The Morgan fingerprint density at radius 3 is 2.50 bits per heavy atom. The Morgan fingerprint density at radius 2 is 2.07 bits per heavy atom. The quantitative estimate of drug-likeness (QED) is 0.731. The molecule has 0 aromatic heterocycles. The van der Waals surface area contributed by atoms with Gasteiger partial charge in [0.25, 0.3) is 0 Å². The molecule has 3 atom stereocenters. The predicted octanol–water partition coefficient (Wildman–Crippen LogP) is 2.16. The minimum Gasteiger partial charge on any atom is -0.392 e. The fourth-order valence-corrected chi connectivity index (χ4v) is 2.97. The molecule has 3 N–H and O–H groups in total. The van der Waals surface area contributed by atoms with E-state index in [0.29, 0.717) is 18.4 Å². The third-order valence-corrected chi connectivity index (χ3v) is 4.11. The van der Waals surface area contributed by atoms with Gasteiger partial charge in [-0.2, -0.15) is 0 Å². The van der Waals surface area contributed by atoms with Crippen molar-refractivity contribution in [2.24, 2.45) is 23.0 Å². The first kappa shape index (κ1) is 12.0. The van der Waals surface area contributed by atoms with Crippen molar-refractivity contribution in [3.8, 4) is 0 Å². The Balaban J connectivity index is 2.82. The summed E-state index contributed by atoms with van der Waals surface area (Å²) in [5.74, 6) is 0.887. The van der Waals surface area contributed by atoms with Gasteiger partial charge in [0.2, 0.25) is 0 Å². The van der Waals surface area contributed by atoms with E-state index in [1.165, 1.54) is 19.3 Å². The van der Waals surface area contributed by atoms with Crippen molar-refractivity contribution >= 4 is 0 Å². The second kappa shape index (κ2) is 4.63. The van der Waals surface area contributed by atoms with Crippen LogP contribution in [0.5, 0.6) is 0 Å². The van der Waals surface area contributed by atoms with E-state index >= 15 is 0 Å². The van der Waals surface area contributed by atoms with Crippen LogP contribution in [-0.2, 0) is 0 Å². The Morgan fingerprint density at radius 1 is 1.43 bits per heavy atom. The monoisotopic (exact) mass is 199 g/mol. The van der Waals surface area contributed by atoms with Crippen molar-refractivity contribution in [2.75, 3.05) is 6.54 Å². The molecule has 0 aromatic rings. The van der Waals surface area contributed by atoms with Gasteiger partial charge in [-0.3, -0.25) is 0 Å². The lowest BCUT2D eigenvalue weighted by molar-refractivity contribution is -0.0594. The van der Waals surface area contributed by atoms with Crippen LogP contribution < -0.4 is 5.73 Å². The molecule has 14 heavy (non-hydrogen) atoms. The van der Waals surface area contributed by atoms with Crippen molar-refractivity contribution in [3.05, 3.63) is 0 Å². The molecule has 0 amide bonds. The standard InChI is InChI=1S/C12H25NO/c1-9(2)11(14)12(8-13)7-5-4-6-10(12)3/h9-11,14H,4-8,13H2,1-3H3. The third-order valence-electron chi connectivity index (χ3n) is 4.11. The fourth-order valence-electron chi connectivity index (χ4n) is 2.97. The fraction of sp³-hybridized carbons (Fsp3) is 1.00. The van der Waals surface area contributed by atoms with Crippen molar-refractivity contribution in [2.45, 2.75) is 52.6 Å².